The van der Waals surface area contributed by atoms with Crippen molar-refractivity contribution in [1.82, 2.24) is 0 Å². The largest absolute Gasteiger partial charge is 0.481 e. The molecule has 0 amide bonds. The van der Waals surface area contributed by atoms with Gasteiger partial charge in [-0.25, -0.2) is 0 Å². The monoisotopic (exact) mass is 385 g/mol. The summed E-state index contributed by atoms with van der Waals surface area (Å²) < 4.78 is 0. The fourth-order valence-corrected chi connectivity index (χ4v) is 2.41. The van der Waals surface area contributed by atoms with Gasteiger partial charge in [-0.2, -0.15) is 0 Å². The fourth-order valence-electron chi connectivity index (χ4n) is 2.41. The minimum Gasteiger partial charge on any atom is -0.481 e. The molecular formula is C25H39NO2. The molecule has 0 bridgehead atoms. The molecule has 0 aromatic rings. The summed E-state index contributed by atoms with van der Waals surface area (Å²) in [5.74, 6) is -0.0593. The van der Waals surface area contributed by atoms with Crippen LogP contribution in [0.25, 0.3) is 0 Å². The van der Waals surface area contributed by atoms with E-state index in [0.29, 0.717) is 12.3 Å². The number of allylic oxidation sites excluding steroid dienone is 12. The van der Waals surface area contributed by atoms with Gasteiger partial charge in [-0.1, -0.05) is 79.8 Å². The second-order valence-electron chi connectivity index (χ2n) is 6.86. The molecule has 0 fully saturated rings. The first-order chi connectivity index (χ1) is 13.7. The quantitative estimate of drug-likeness (QED) is 0.280. The highest BCUT2D eigenvalue weighted by molar-refractivity contribution is 5.66. The minimum atomic E-state index is -0.744. The average molecular weight is 386 g/mol. The molecule has 1 unspecified atom stereocenters. The summed E-state index contributed by atoms with van der Waals surface area (Å²) in [5, 5.41) is 8.52. The smallest absolute Gasteiger partial charge is 0.303 e. The summed E-state index contributed by atoms with van der Waals surface area (Å²) in [5.41, 5.74) is 5.55. The maximum Gasteiger partial charge on any atom is 0.303 e. The van der Waals surface area contributed by atoms with Crippen molar-refractivity contribution in [3.63, 3.8) is 0 Å². The Labute approximate surface area is 172 Å². The van der Waals surface area contributed by atoms with Crippen LogP contribution in [0.15, 0.2) is 72.9 Å². The summed E-state index contributed by atoms with van der Waals surface area (Å²) in [6.45, 7) is 3.02. The Morgan fingerprint density at radius 1 is 0.750 bits per heavy atom. The van der Waals surface area contributed by atoms with Crippen LogP contribution in [-0.2, 0) is 4.79 Å². The van der Waals surface area contributed by atoms with Gasteiger partial charge >= 0.3 is 5.97 Å². The van der Waals surface area contributed by atoms with E-state index < -0.39 is 5.97 Å². The molecule has 0 aliphatic rings. The van der Waals surface area contributed by atoms with Crippen LogP contribution in [0.5, 0.6) is 0 Å². The molecule has 0 aliphatic carbocycles. The highest BCUT2D eigenvalue weighted by Crippen LogP contribution is 2.07. The zero-order valence-corrected chi connectivity index (χ0v) is 17.5. The van der Waals surface area contributed by atoms with Gasteiger partial charge in [-0.05, 0) is 63.8 Å². The van der Waals surface area contributed by atoms with E-state index in [4.69, 9.17) is 10.8 Å². The lowest BCUT2D eigenvalue weighted by molar-refractivity contribution is -0.136. The second-order valence-corrected chi connectivity index (χ2v) is 6.86. The van der Waals surface area contributed by atoms with E-state index in [1.54, 1.807) is 0 Å². The third-order valence-corrected chi connectivity index (χ3v) is 4.08. The van der Waals surface area contributed by atoms with Gasteiger partial charge in [0.15, 0.2) is 0 Å². The van der Waals surface area contributed by atoms with Gasteiger partial charge < -0.3 is 10.8 Å². The molecule has 3 nitrogen and oxygen atoms in total. The lowest BCUT2D eigenvalue weighted by atomic mass is 10.0. The Morgan fingerprint density at radius 2 is 1.14 bits per heavy atom. The first-order valence-corrected chi connectivity index (χ1v) is 10.5. The molecule has 0 aromatic carbocycles. The van der Waals surface area contributed by atoms with Gasteiger partial charge in [-0.15, -0.1) is 0 Å². The first kappa shape index (κ1) is 25.9. The number of rotatable bonds is 17. The summed E-state index contributed by atoms with van der Waals surface area (Å²) in [7, 11) is 0. The van der Waals surface area contributed by atoms with Crippen LogP contribution < -0.4 is 5.73 Å². The lowest BCUT2D eigenvalue weighted by Crippen LogP contribution is -2.04. The van der Waals surface area contributed by atoms with Crippen LogP contribution in [-0.4, -0.2) is 17.6 Å². The molecule has 0 spiro atoms. The van der Waals surface area contributed by atoms with Crippen LogP contribution in [0.3, 0.4) is 0 Å². The number of hydrogen-bond acceptors (Lipinski definition) is 2. The third-order valence-electron chi connectivity index (χ3n) is 4.08. The Morgan fingerprint density at radius 3 is 1.54 bits per heavy atom. The summed E-state index contributed by atoms with van der Waals surface area (Å²) >= 11 is 0. The Hall–Kier alpha value is -2.13. The topological polar surface area (TPSA) is 63.3 Å². The number of carbonyl (C=O) groups is 1. The SMILES string of the molecule is CC(C/C=C\C/C=C\C/C=C\C/C=C\C/C=C\C/C=C\CCC(=O)O)CCN. The van der Waals surface area contributed by atoms with Gasteiger partial charge in [0.1, 0.15) is 0 Å². The molecule has 0 saturated heterocycles. The predicted octanol–water partition coefficient (Wildman–Crippen LogP) is 6.51. The standard InChI is InChI=1S/C25H39NO2/c1-24(22-23-26)20-18-16-14-12-10-8-6-4-2-3-5-7-9-11-13-15-17-19-21-25(27)28/h3-6,9-12,15-18,24H,2,7-8,13-14,19-23,26H2,1H3,(H,27,28)/b5-3-,6-4-,11-9-,12-10-,17-15-,18-16-. The lowest BCUT2D eigenvalue weighted by Gasteiger charge is -2.04. The van der Waals surface area contributed by atoms with Crippen molar-refractivity contribution in [1.29, 1.82) is 0 Å². The molecule has 3 heteroatoms. The van der Waals surface area contributed by atoms with Crippen LogP contribution in [0.1, 0.15) is 64.7 Å². The highest BCUT2D eigenvalue weighted by atomic mass is 16.4. The highest BCUT2D eigenvalue weighted by Gasteiger charge is 1.95. The van der Waals surface area contributed by atoms with Crippen molar-refractivity contribution >= 4 is 5.97 Å². The average Bonchev–Trinajstić information content (AvgIpc) is 2.66. The molecule has 28 heavy (non-hydrogen) atoms. The molecule has 3 N–H and O–H groups in total. The normalized spacial score (nSPS) is 14.1. The zero-order valence-electron chi connectivity index (χ0n) is 17.5. The third kappa shape index (κ3) is 21.9. The maximum absolute atomic E-state index is 10.3. The number of nitrogens with two attached hydrogens (primary N) is 1. The van der Waals surface area contributed by atoms with Gasteiger partial charge in [-0.3, -0.25) is 4.79 Å². The minimum absolute atomic E-state index is 0.207. The molecule has 0 aliphatic heterocycles. The van der Waals surface area contributed by atoms with E-state index in [0.717, 1.165) is 51.5 Å². The van der Waals surface area contributed by atoms with E-state index in [2.05, 4.69) is 67.7 Å². The van der Waals surface area contributed by atoms with Gasteiger partial charge in [0.2, 0.25) is 0 Å². The van der Waals surface area contributed by atoms with E-state index >= 15 is 0 Å². The number of aliphatic carboxylic acids is 1. The summed E-state index contributed by atoms with van der Waals surface area (Å²) in [4.78, 5) is 10.3. The van der Waals surface area contributed by atoms with Crippen molar-refractivity contribution in [2.75, 3.05) is 6.54 Å². The van der Waals surface area contributed by atoms with E-state index in [1.807, 2.05) is 12.2 Å². The molecular weight excluding hydrogens is 346 g/mol. The van der Waals surface area contributed by atoms with Gasteiger partial charge in [0.25, 0.3) is 0 Å². The maximum atomic E-state index is 10.3. The van der Waals surface area contributed by atoms with Crippen LogP contribution >= 0.6 is 0 Å². The van der Waals surface area contributed by atoms with E-state index in [1.165, 1.54) is 0 Å². The molecule has 0 rings (SSSR count). The van der Waals surface area contributed by atoms with Crippen LogP contribution in [0, 0.1) is 5.92 Å². The van der Waals surface area contributed by atoms with Crippen molar-refractivity contribution in [3.05, 3.63) is 72.9 Å². The molecule has 0 heterocycles. The number of carboxylic acid groups (broad SMARTS) is 1. The fraction of sp³-hybridized carbons (Fsp3) is 0.480. The number of hydrogen-bond donors (Lipinski definition) is 2. The predicted molar refractivity (Wildman–Crippen MR) is 122 cm³/mol. The van der Waals surface area contributed by atoms with Gasteiger partial charge in [0.05, 0.1) is 0 Å². The summed E-state index contributed by atoms with van der Waals surface area (Å²) in [6.07, 6.45) is 33.6. The Balaban J connectivity index is 3.57. The van der Waals surface area contributed by atoms with Crippen LogP contribution in [0.2, 0.25) is 0 Å². The van der Waals surface area contributed by atoms with Crippen molar-refractivity contribution in [3.8, 4) is 0 Å². The molecule has 156 valence electrons. The zero-order chi connectivity index (χ0) is 20.7. The van der Waals surface area contributed by atoms with Gasteiger partial charge in [0, 0.05) is 6.42 Å². The van der Waals surface area contributed by atoms with E-state index in [9.17, 15) is 4.79 Å². The molecule has 0 radical (unpaired) electrons. The van der Waals surface area contributed by atoms with Crippen LogP contribution in [0.4, 0.5) is 0 Å². The first-order valence-electron chi connectivity index (χ1n) is 10.5. The molecule has 1 atom stereocenters. The van der Waals surface area contributed by atoms with Crippen molar-refractivity contribution < 1.29 is 9.90 Å². The molecule has 0 aromatic heterocycles. The summed E-state index contributed by atoms with van der Waals surface area (Å²) in [6, 6.07) is 0. The Kier molecular flexibility index (Phi) is 19.6. The van der Waals surface area contributed by atoms with Crippen molar-refractivity contribution in [2.45, 2.75) is 64.7 Å². The second kappa shape index (κ2) is 21.2. The Bertz CT molecular complexity index is 539. The van der Waals surface area contributed by atoms with E-state index in [-0.39, 0.29) is 6.42 Å². The molecule has 0 saturated carbocycles. The number of carboxylic acids is 1. The van der Waals surface area contributed by atoms with Crippen molar-refractivity contribution in [2.24, 2.45) is 11.7 Å².